The van der Waals surface area contributed by atoms with Gasteiger partial charge in [0.25, 0.3) is 6.43 Å². The van der Waals surface area contributed by atoms with Crippen molar-refractivity contribution in [2.45, 2.75) is 57.2 Å². The lowest BCUT2D eigenvalue weighted by molar-refractivity contribution is -0.136. The number of amides is 1. The number of carbonyl (C=O) groups is 1. The third-order valence-corrected chi connectivity index (χ3v) is 7.26. The molecule has 36 heavy (non-hydrogen) atoms. The van der Waals surface area contributed by atoms with Gasteiger partial charge in [-0.05, 0) is 43.9 Å². The Bertz CT molecular complexity index is 1460. The van der Waals surface area contributed by atoms with Crippen LogP contribution in [0.3, 0.4) is 0 Å². The summed E-state index contributed by atoms with van der Waals surface area (Å²) in [6.45, 7) is 2.44. The van der Waals surface area contributed by atoms with E-state index in [0.717, 1.165) is 36.9 Å². The van der Waals surface area contributed by atoms with E-state index in [9.17, 15) is 13.6 Å². The minimum absolute atomic E-state index is 0.122. The molecule has 10 nitrogen and oxygen atoms in total. The van der Waals surface area contributed by atoms with Crippen LogP contribution in [0.15, 0.2) is 24.4 Å². The Kier molecular flexibility index (Phi) is 5.27. The molecule has 1 amide bonds. The summed E-state index contributed by atoms with van der Waals surface area (Å²) in [6.07, 6.45) is 2.50. The average molecular weight is 497 g/mol. The molecule has 0 atom stereocenters. The van der Waals surface area contributed by atoms with E-state index < -0.39 is 13.0 Å². The summed E-state index contributed by atoms with van der Waals surface area (Å²) in [5, 5.41) is 11.9. The number of nitrogens with zero attached hydrogens (tertiary/aromatic N) is 6. The molecule has 4 heterocycles. The number of alkyl halides is 2. The first-order valence-corrected chi connectivity index (χ1v) is 12.0. The Hall–Kier alpha value is -3.83. The normalized spacial score (nSPS) is 22.1. The summed E-state index contributed by atoms with van der Waals surface area (Å²) in [6, 6.07) is 5.54. The minimum Gasteiger partial charge on any atom is -0.480 e. The second kappa shape index (κ2) is 8.38. The van der Waals surface area contributed by atoms with Gasteiger partial charge in [-0.2, -0.15) is 9.97 Å². The van der Waals surface area contributed by atoms with Crippen molar-refractivity contribution in [2.75, 3.05) is 19.0 Å². The van der Waals surface area contributed by atoms with E-state index in [-0.39, 0.29) is 17.5 Å². The molecule has 0 bridgehead atoms. The lowest BCUT2D eigenvalue weighted by Gasteiger charge is -2.51. The summed E-state index contributed by atoms with van der Waals surface area (Å²) in [5.74, 6) is 1.08. The zero-order valence-electron chi connectivity index (χ0n) is 20.0. The topological polar surface area (TPSA) is 114 Å². The van der Waals surface area contributed by atoms with E-state index >= 15 is 0 Å². The van der Waals surface area contributed by atoms with Crippen molar-refractivity contribution in [2.24, 2.45) is 0 Å². The fourth-order valence-corrected chi connectivity index (χ4v) is 5.56. The van der Waals surface area contributed by atoms with Gasteiger partial charge in [0.2, 0.25) is 17.7 Å². The van der Waals surface area contributed by atoms with Crippen molar-refractivity contribution >= 4 is 33.9 Å². The minimum atomic E-state index is -2.53. The molecule has 1 aromatic carbocycles. The molecule has 1 aliphatic carbocycles. The van der Waals surface area contributed by atoms with Gasteiger partial charge in [0.1, 0.15) is 17.7 Å². The summed E-state index contributed by atoms with van der Waals surface area (Å²) < 4.78 is 32.7. The molecule has 12 heteroatoms. The number of anilines is 1. The number of aromatic nitrogens is 6. The van der Waals surface area contributed by atoms with Crippen LogP contribution in [0.5, 0.6) is 5.88 Å². The standard InChI is InChI=1S/C24H26F2N8O2/c1-24(33-7-3-4-19(33)35)9-14(10-24)28-23-29-21-20(22(30-23)36-2)15(11-27-21)13-5-6-16-17(8-13)34(32-31-16)12-18(25)26/h5-6,8,11,14,18H,3-4,7,9-10,12H2,1-2H3,(H2,27,28,29,30)/t14-,24-. The highest BCUT2D eigenvalue weighted by Gasteiger charge is 2.48. The van der Waals surface area contributed by atoms with Crippen LogP contribution >= 0.6 is 0 Å². The second-order valence-electron chi connectivity index (χ2n) is 9.74. The van der Waals surface area contributed by atoms with Crippen LogP contribution in [0.2, 0.25) is 0 Å². The molecule has 1 aliphatic heterocycles. The molecular weight excluding hydrogens is 470 g/mol. The van der Waals surface area contributed by atoms with Gasteiger partial charge in [-0.25, -0.2) is 13.5 Å². The predicted molar refractivity (Wildman–Crippen MR) is 129 cm³/mol. The maximum Gasteiger partial charge on any atom is 0.258 e. The fourth-order valence-electron chi connectivity index (χ4n) is 5.56. The molecule has 0 unspecified atom stereocenters. The van der Waals surface area contributed by atoms with Crippen LogP contribution in [0, 0.1) is 0 Å². The number of hydrogen-bond acceptors (Lipinski definition) is 7. The number of likely N-dealkylation sites (tertiary alicyclic amines) is 1. The van der Waals surface area contributed by atoms with Gasteiger partial charge in [0.15, 0.2) is 0 Å². The highest BCUT2D eigenvalue weighted by molar-refractivity contribution is 5.99. The largest absolute Gasteiger partial charge is 0.480 e. The van der Waals surface area contributed by atoms with E-state index in [1.807, 2.05) is 11.0 Å². The van der Waals surface area contributed by atoms with E-state index in [1.54, 1.807) is 25.4 Å². The average Bonchev–Trinajstić information content (AvgIpc) is 3.55. The Morgan fingerprint density at radius 2 is 2.14 bits per heavy atom. The number of fused-ring (bicyclic) bond motifs is 2. The molecule has 4 aromatic rings. The van der Waals surface area contributed by atoms with Gasteiger partial charge in [-0.15, -0.1) is 5.10 Å². The molecule has 2 aliphatic rings. The van der Waals surface area contributed by atoms with Gasteiger partial charge in [0, 0.05) is 36.3 Å². The number of methoxy groups -OCH3 is 1. The number of benzene rings is 1. The number of rotatable bonds is 7. The van der Waals surface area contributed by atoms with Gasteiger partial charge >= 0.3 is 0 Å². The molecule has 1 saturated carbocycles. The molecule has 0 radical (unpaired) electrons. The highest BCUT2D eigenvalue weighted by Crippen LogP contribution is 2.42. The molecular formula is C24H26F2N8O2. The lowest BCUT2D eigenvalue weighted by Crippen LogP contribution is -2.59. The second-order valence-corrected chi connectivity index (χ2v) is 9.74. The first-order valence-electron chi connectivity index (χ1n) is 12.0. The van der Waals surface area contributed by atoms with Crippen molar-refractivity contribution in [3.8, 4) is 17.0 Å². The molecule has 188 valence electrons. The van der Waals surface area contributed by atoms with E-state index in [0.29, 0.717) is 40.3 Å². The number of hydrogen-bond donors (Lipinski definition) is 2. The van der Waals surface area contributed by atoms with Crippen molar-refractivity contribution in [3.63, 3.8) is 0 Å². The summed E-state index contributed by atoms with van der Waals surface area (Å²) in [5.41, 5.74) is 3.09. The number of H-pyrrole nitrogens is 1. The third-order valence-electron chi connectivity index (χ3n) is 7.26. The number of aromatic amines is 1. The quantitative estimate of drug-likeness (QED) is 0.402. The highest BCUT2D eigenvalue weighted by atomic mass is 19.3. The zero-order chi connectivity index (χ0) is 25.0. The van der Waals surface area contributed by atoms with Gasteiger partial charge in [-0.1, -0.05) is 11.3 Å². The smallest absolute Gasteiger partial charge is 0.258 e. The number of nitrogens with one attached hydrogen (secondary N) is 2. The van der Waals surface area contributed by atoms with Crippen LogP contribution in [0.4, 0.5) is 14.7 Å². The van der Waals surface area contributed by atoms with Crippen molar-refractivity contribution in [1.82, 2.24) is 34.8 Å². The van der Waals surface area contributed by atoms with Crippen molar-refractivity contribution in [1.29, 1.82) is 0 Å². The number of carbonyl (C=O) groups excluding carboxylic acids is 1. The molecule has 3 aromatic heterocycles. The zero-order valence-corrected chi connectivity index (χ0v) is 20.0. The molecule has 2 fully saturated rings. The first-order chi connectivity index (χ1) is 17.3. The summed E-state index contributed by atoms with van der Waals surface area (Å²) in [7, 11) is 1.55. The third kappa shape index (κ3) is 3.71. The lowest BCUT2D eigenvalue weighted by atomic mass is 9.73. The van der Waals surface area contributed by atoms with E-state index in [4.69, 9.17) is 4.74 Å². The van der Waals surface area contributed by atoms with Crippen LogP contribution in [-0.4, -0.2) is 72.4 Å². The maximum atomic E-state index is 13.0. The Morgan fingerprint density at radius 3 is 2.86 bits per heavy atom. The van der Waals surface area contributed by atoms with Crippen LogP contribution < -0.4 is 10.1 Å². The van der Waals surface area contributed by atoms with Gasteiger partial charge < -0.3 is 19.9 Å². The van der Waals surface area contributed by atoms with Crippen LogP contribution in [0.25, 0.3) is 33.2 Å². The van der Waals surface area contributed by atoms with Gasteiger partial charge in [0.05, 0.1) is 18.0 Å². The molecule has 6 rings (SSSR count). The van der Waals surface area contributed by atoms with Crippen molar-refractivity contribution < 1.29 is 18.3 Å². The van der Waals surface area contributed by atoms with Crippen LogP contribution in [-0.2, 0) is 11.3 Å². The number of halogens is 2. The van der Waals surface area contributed by atoms with Gasteiger partial charge in [-0.3, -0.25) is 4.79 Å². The molecule has 2 N–H and O–H groups in total. The van der Waals surface area contributed by atoms with E-state index in [2.05, 4.69) is 37.5 Å². The fraction of sp³-hybridized carbons (Fsp3) is 0.458. The first kappa shape index (κ1) is 22.6. The maximum absolute atomic E-state index is 13.0. The summed E-state index contributed by atoms with van der Waals surface area (Å²) >= 11 is 0. The van der Waals surface area contributed by atoms with Crippen LogP contribution in [0.1, 0.15) is 32.6 Å². The Balaban J connectivity index is 1.27. The monoisotopic (exact) mass is 496 g/mol. The SMILES string of the molecule is COc1nc(N[C@H]2C[C@](C)(N3CCCC3=O)C2)nc2[nH]cc(-c3ccc4nnn(CC(F)F)c4c3)c12. The summed E-state index contributed by atoms with van der Waals surface area (Å²) in [4.78, 5) is 26.6. The van der Waals surface area contributed by atoms with Crippen molar-refractivity contribution in [3.05, 3.63) is 24.4 Å². The molecule has 1 saturated heterocycles. The Labute approximate surface area is 205 Å². The number of ether oxygens (including phenoxy) is 1. The van der Waals surface area contributed by atoms with E-state index in [1.165, 1.54) is 4.68 Å². The molecule has 0 spiro atoms. The Morgan fingerprint density at radius 1 is 1.31 bits per heavy atom. The predicted octanol–water partition coefficient (Wildman–Crippen LogP) is 3.60.